The Morgan fingerprint density at radius 2 is 2.00 bits per heavy atom. The van der Waals surface area contributed by atoms with E-state index in [2.05, 4.69) is 4.98 Å². The van der Waals surface area contributed by atoms with Crippen molar-refractivity contribution in [3.05, 3.63) is 17.8 Å². The van der Waals surface area contributed by atoms with Crippen LogP contribution in [0.5, 0.6) is 0 Å². The third-order valence-corrected chi connectivity index (χ3v) is 4.24. The van der Waals surface area contributed by atoms with Gasteiger partial charge in [0.1, 0.15) is 5.76 Å². The van der Waals surface area contributed by atoms with Crippen LogP contribution in [0.3, 0.4) is 0 Å². The van der Waals surface area contributed by atoms with Crippen LogP contribution in [0, 0.1) is 5.92 Å². The van der Waals surface area contributed by atoms with Crippen LogP contribution >= 0.6 is 0 Å². The fourth-order valence-electron chi connectivity index (χ4n) is 2.76. The molecular weight excluding hydrogens is 314 g/mol. The maximum atomic E-state index is 12.4. The highest BCUT2D eigenvalue weighted by Crippen LogP contribution is 2.20. The molecule has 0 bridgehead atoms. The van der Waals surface area contributed by atoms with Gasteiger partial charge in [-0.1, -0.05) is 13.8 Å². The van der Waals surface area contributed by atoms with Crippen molar-refractivity contribution >= 4 is 17.8 Å². The Bertz CT molecular complexity index is 617. The first kappa shape index (κ1) is 18.0. The summed E-state index contributed by atoms with van der Waals surface area (Å²) in [6.07, 6.45) is 2.12. The predicted octanol–water partition coefficient (Wildman–Crippen LogP) is 1.19. The van der Waals surface area contributed by atoms with Gasteiger partial charge in [-0.3, -0.25) is 14.4 Å². The second-order valence-corrected chi connectivity index (χ2v) is 6.37. The Balaban J connectivity index is 1.93. The van der Waals surface area contributed by atoms with E-state index in [1.54, 1.807) is 11.9 Å². The molecule has 1 fully saturated rings. The average Bonchev–Trinajstić information content (AvgIpc) is 3.03. The maximum absolute atomic E-state index is 12.4. The van der Waals surface area contributed by atoms with Crippen LogP contribution in [0.25, 0.3) is 0 Å². The van der Waals surface area contributed by atoms with Crippen molar-refractivity contribution in [1.29, 1.82) is 0 Å². The van der Waals surface area contributed by atoms with Crippen LogP contribution in [0.4, 0.5) is 0 Å². The fraction of sp³-hybridized carbons (Fsp3) is 0.625. The summed E-state index contributed by atoms with van der Waals surface area (Å²) in [4.78, 5) is 42.6. The van der Waals surface area contributed by atoms with Crippen molar-refractivity contribution < 1.29 is 23.9 Å². The molecule has 1 saturated heterocycles. The summed E-state index contributed by atoms with van der Waals surface area (Å²) in [6, 6.07) is 0. The maximum Gasteiger partial charge on any atom is 0.306 e. The van der Waals surface area contributed by atoms with Crippen LogP contribution in [0.15, 0.2) is 10.8 Å². The molecule has 1 N–H and O–H groups in total. The zero-order valence-corrected chi connectivity index (χ0v) is 14.2. The first-order valence-corrected chi connectivity index (χ1v) is 8.00. The lowest BCUT2D eigenvalue weighted by atomic mass is 9.97. The predicted molar refractivity (Wildman–Crippen MR) is 84.5 cm³/mol. The van der Waals surface area contributed by atoms with Crippen molar-refractivity contribution in [3.8, 4) is 0 Å². The molecule has 2 amide bonds. The number of carboxylic acid groups (broad SMARTS) is 1. The number of amides is 2. The van der Waals surface area contributed by atoms with Crippen molar-refractivity contribution in [2.75, 3.05) is 26.7 Å². The molecule has 2 heterocycles. The van der Waals surface area contributed by atoms with Gasteiger partial charge in [-0.15, -0.1) is 0 Å². The van der Waals surface area contributed by atoms with E-state index in [9.17, 15) is 14.4 Å². The molecule has 1 aliphatic rings. The highest BCUT2D eigenvalue weighted by Gasteiger charge is 2.29. The lowest BCUT2D eigenvalue weighted by Crippen LogP contribution is -2.45. The number of rotatable bonds is 5. The van der Waals surface area contributed by atoms with Gasteiger partial charge in [0, 0.05) is 26.1 Å². The van der Waals surface area contributed by atoms with Gasteiger partial charge in [-0.25, -0.2) is 4.98 Å². The van der Waals surface area contributed by atoms with Gasteiger partial charge in [0.25, 0.3) is 5.91 Å². The number of likely N-dealkylation sites (tertiary alicyclic amines) is 1. The Morgan fingerprint density at radius 1 is 1.38 bits per heavy atom. The lowest BCUT2D eigenvalue weighted by Gasteiger charge is -2.31. The van der Waals surface area contributed by atoms with Gasteiger partial charge < -0.3 is 19.3 Å². The highest BCUT2D eigenvalue weighted by molar-refractivity contribution is 5.95. The van der Waals surface area contributed by atoms with Gasteiger partial charge in [-0.2, -0.15) is 0 Å². The summed E-state index contributed by atoms with van der Waals surface area (Å²) in [7, 11) is 1.54. The molecule has 1 aromatic heterocycles. The normalized spacial score (nSPS) is 15.6. The molecule has 24 heavy (non-hydrogen) atoms. The van der Waals surface area contributed by atoms with E-state index in [1.807, 2.05) is 13.8 Å². The molecule has 8 nitrogen and oxygen atoms in total. The van der Waals surface area contributed by atoms with Gasteiger partial charge >= 0.3 is 5.97 Å². The molecule has 0 aliphatic carbocycles. The first-order valence-electron chi connectivity index (χ1n) is 8.00. The molecule has 1 aromatic rings. The van der Waals surface area contributed by atoms with Crippen molar-refractivity contribution in [3.63, 3.8) is 0 Å². The summed E-state index contributed by atoms with van der Waals surface area (Å²) in [5, 5.41) is 8.99. The Labute approximate surface area is 140 Å². The minimum Gasteiger partial charge on any atom is -0.481 e. The third-order valence-electron chi connectivity index (χ3n) is 4.24. The number of likely N-dealkylation sites (N-methyl/N-ethyl adjacent to an activating group) is 1. The van der Waals surface area contributed by atoms with Crippen LogP contribution in [-0.2, 0) is 9.59 Å². The average molecular weight is 337 g/mol. The number of nitrogens with zero attached hydrogens (tertiary/aromatic N) is 3. The Morgan fingerprint density at radius 3 is 2.54 bits per heavy atom. The second kappa shape index (κ2) is 7.46. The van der Waals surface area contributed by atoms with E-state index in [0.29, 0.717) is 31.7 Å². The van der Waals surface area contributed by atoms with Gasteiger partial charge in [0.15, 0.2) is 12.1 Å². The number of carbonyl (C=O) groups excluding carboxylic acids is 2. The molecule has 0 saturated carbocycles. The number of aliphatic carboxylic acids is 1. The zero-order valence-electron chi connectivity index (χ0n) is 14.2. The number of hydrogen-bond donors (Lipinski definition) is 1. The van der Waals surface area contributed by atoms with Crippen LogP contribution in [0.2, 0.25) is 0 Å². The fourth-order valence-corrected chi connectivity index (χ4v) is 2.76. The van der Waals surface area contributed by atoms with Gasteiger partial charge in [0.05, 0.1) is 12.5 Å². The number of hydrogen-bond acceptors (Lipinski definition) is 5. The molecule has 0 radical (unpaired) electrons. The highest BCUT2D eigenvalue weighted by atomic mass is 16.4. The number of carboxylic acids is 1. The second-order valence-electron chi connectivity index (χ2n) is 6.37. The number of oxazole rings is 1. The molecule has 132 valence electrons. The van der Waals surface area contributed by atoms with Gasteiger partial charge in [0.2, 0.25) is 5.91 Å². The quantitative estimate of drug-likeness (QED) is 0.865. The van der Waals surface area contributed by atoms with Crippen LogP contribution in [-0.4, -0.2) is 64.4 Å². The molecule has 1 aliphatic heterocycles. The minimum absolute atomic E-state index is 0.0191. The van der Waals surface area contributed by atoms with E-state index < -0.39 is 11.9 Å². The zero-order chi connectivity index (χ0) is 17.9. The van der Waals surface area contributed by atoms with Crippen molar-refractivity contribution in [1.82, 2.24) is 14.8 Å². The number of aromatic nitrogens is 1. The molecular formula is C16H23N3O5. The Kier molecular flexibility index (Phi) is 5.58. The summed E-state index contributed by atoms with van der Waals surface area (Å²) in [6.45, 7) is 4.53. The summed E-state index contributed by atoms with van der Waals surface area (Å²) >= 11 is 0. The topological polar surface area (TPSA) is 104 Å². The van der Waals surface area contributed by atoms with E-state index in [4.69, 9.17) is 9.52 Å². The summed E-state index contributed by atoms with van der Waals surface area (Å²) in [5.41, 5.74) is 0.227. The van der Waals surface area contributed by atoms with Crippen molar-refractivity contribution in [2.45, 2.75) is 32.6 Å². The van der Waals surface area contributed by atoms with Crippen LogP contribution < -0.4 is 0 Å². The van der Waals surface area contributed by atoms with E-state index in [1.165, 1.54) is 11.3 Å². The molecule has 0 atom stereocenters. The smallest absolute Gasteiger partial charge is 0.306 e. The van der Waals surface area contributed by atoms with E-state index >= 15 is 0 Å². The summed E-state index contributed by atoms with van der Waals surface area (Å²) in [5.74, 6) is -1.24. The Hall–Kier alpha value is -2.38. The van der Waals surface area contributed by atoms with Gasteiger partial charge in [-0.05, 0) is 12.8 Å². The van der Waals surface area contributed by atoms with Crippen molar-refractivity contribution in [2.24, 2.45) is 5.92 Å². The largest absolute Gasteiger partial charge is 0.481 e. The van der Waals surface area contributed by atoms with E-state index in [0.717, 1.165) is 0 Å². The number of piperidine rings is 1. The SMILES string of the molecule is CC(C)c1ocnc1C(=O)N(C)CC(=O)N1CCC(C(=O)O)CC1. The summed E-state index contributed by atoms with van der Waals surface area (Å²) < 4.78 is 5.24. The third kappa shape index (κ3) is 3.93. The minimum atomic E-state index is -0.818. The molecule has 0 unspecified atom stereocenters. The monoisotopic (exact) mass is 337 g/mol. The molecule has 0 spiro atoms. The molecule has 0 aromatic carbocycles. The molecule has 8 heteroatoms. The first-order chi connectivity index (χ1) is 11.3. The standard InChI is InChI=1S/C16H23N3O5/c1-10(2)14-13(17-9-24-14)15(21)18(3)8-12(20)19-6-4-11(5-7-19)16(22)23/h9-11H,4-8H2,1-3H3,(H,22,23). The van der Waals surface area contributed by atoms with Crippen LogP contribution in [0.1, 0.15) is 48.9 Å². The number of carbonyl (C=O) groups is 3. The lowest BCUT2D eigenvalue weighted by molar-refractivity contribution is -0.145. The molecule has 2 rings (SSSR count). The van der Waals surface area contributed by atoms with E-state index in [-0.39, 0.29) is 30.0 Å².